The van der Waals surface area contributed by atoms with Gasteiger partial charge in [0.2, 0.25) is 5.91 Å². The molecule has 1 fully saturated rings. The number of carbonyl (C=O) groups is 1. The molecule has 1 atom stereocenters. The van der Waals surface area contributed by atoms with E-state index in [9.17, 15) is 9.59 Å². The highest BCUT2D eigenvalue weighted by atomic mass is 32.1. The Morgan fingerprint density at radius 1 is 1.47 bits per heavy atom. The van der Waals surface area contributed by atoms with Crippen LogP contribution in [0.1, 0.15) is 17.3 Å². The van der Waals surface area contributed by atoms with E-state index in [2.05, 4.69) is 4.98 Å². The molecule has 0 bridgehead atoms. The lowest BCUT2D eigenvalue weighted by Gasteiger charge is -2.40. The fourth-order valence-electron chi connectivity index (χ4n) is 2.21. The van der Waals surface area contributed by atoms with Crippen LogP contribution in [0.3, 0.4) is 0 Å². The van der Waals surface area contributed by atoms with Crippen molar-refractivity contribution in [3.05, 3.63) is 51.3 Å². The van der Waals surface area contributed by atoms with Crippen LogP contribution in [-0.2, 0) is 11.3 Å². The van der Waals surface area contributed by atoms with Gasteiger partial charge in [-0.3, -0.25) is 9.36 Å². The van der Waals surface area contributed by atoms with Gasteiger partial charge in [-0.25, -0.2) is 9.78 Å². The average molecular weight is 275 g/mol. The maximum atomic E-state index is 12.2. The second-order valence-electron chi connectivity index (χ2n) is 4.44. The molecular weight excluding hydrogens is 262 g/mol. The van der Waals surface area contributed by atoms with Gasteiger partial charge in [-0.2, -0.15) is 0 Å². The zero-order valence-electron chi connectivity index (χ0n) is 10.2. The van der Waals surface area contributed by atoms with Crippen molar-refractivity contribution in [1.29, 1.82) is 0 Å². The largest absolute Gasteiger partial charge is 0.347 e. The van der Waals surface area contributed by atoms with E-state index in [-0.39, 0.29) is 24.2 Å². The van der Waals surface area contributed by atoms with Gasteiger partial charge in [-0.1, -0.05) is 6.07 Å². The third-order valence-electron chi connectivity index (χ3n) is 3.30. The van der Waals surface area contributed by atoms with Gasteiger partial charge in [0.25, 0.3) is 0 Å². The molecule has 0 N–H and O–H groups in total. The van der Waals surface area contributed by atoms with Crippen molar-refractivity contribution in [2.45, 2.75) is 19.0 Å². The molecule has 0 aliphatic carbocycles. The summed E-state index contributed by atoms with van der Waals surface area (Å²) >= 11 is 1.66. The van der Waals surface area contributed by atoms with Gasteiger partial charge >= 0.3 is 5.69 Å². The Bertz CT molecular complexity index is 635. The molecule has 2 aromatic rings. The van der Waals surface area contributed by atoms with Crippen molar-refractivity contribution in [3.8, 4) is 0 Å². The fraction of sp³-hybridized carbons (Fsp3) is 0.308. The molecule has 0 aromatic carbocycles. The number of amides is 1. The molecule has 3 heterocycles. The molecule has 3 rings (SSSR count). The molecule has 1 amide bonds. The highest BCUT2D eigenvalue weighted by Gasteiger charge is 2.33. The third-order valence-corrected chi connectivity index (χ3v) is 4.27. The van der Waals surface area contributed by atoms with Crippen LogP contribution in [0.15, 0.2) is 40.8 Å². The molecule has 6 heteroatoms. The van der Waals surface area contributed by atoms with Gasteiger partial charge in [0.1, 0.15) is 6.54 Å². The second kappa shape index (κ2) is 4.97. The Balaban J connectivity index is 1.72. The maximum absolute atomic E-state index is 12.2. The SMILES string of the molecule is O=C(Cn1cccnc1=O)N1CCC1c1cccs1. The first-order valence-corrected chi connectivity index (χ1v) is 6.98. The smallest absolute Gasteiger partial charge is 0.333 e. The summed E-state index contributed by atoms with van der Waals surface area (Å²) in [5.41, 5.74) is -0.385. The summed E-state index contributed by atoms with van der Waals surface area (Å²) in [6, 6.07) is 5.87. The van der Waals surface area contributed by atoms with E-state index in [1.807, 2.05) is 22.4 Å². The van der Waals surface area contributed by atoms with Gasteiger partial charge in [0.05, 0.1) is 6.04 Å². The number of carbonyl (C=O) groups excluding carboxylic acids is 1. The number of hydrogen-bond acceptors (Lipinski definition) is 4. The molecule has 19 heavy (non-hydrogen) atoms. The van der Waals surface area contributed by atoms with Crippen LogP contribution in [0.2, 0.25) is 0 Å². The number of thiophene rings is 1. The Kier molecular flexibility index (Phi) is 3.16. The van der Waals surface area contributed by atoms with Crippen molar-refractivity contribution in [2.75, 3.05) is 6.54 Å². The maximum Gasteiger partial charge on any atom is 0.347 e. The van der Waals surface area contributed by atoms with Gasteiger partial charge in [-0.05, 0) is 23.9 Å². The van der Waals surface area contributed by atoms with Crippen LogP contribution < -0.4 is 5.69 Å². The van der Waals surface area contributed by atoms with Crippen LogP contribution >= 0.6 is 11.3 Å². The quantitative estimate of drug-likeness (QED) is 0.848. The molecule has 2 aromatic heterocycles. The number of aromatic nitrogens is 2. The van der Waals surface area contributed by atoms with Crippen LogP contribution in [0.4, 0.5) is 0 Å². The number of likely N-dealkylation sites (tertiary alicyclic amines) is 1. The van der Waals surface area contributed by atoms with E-state index in [1.165, 1.54) is 15.6 Å². The van der Waals surface area contributed by atoms with Crippen LogP contribution in [0.5, 0.6) is 0 Å². The van der Waals surface area contributed by atoms with Gasteiger partial charge in [0.15, 0.2) is 0 Å². The predicted molar refractivity (Wildman–Crippen MR) is 71.9 cm³/mol. The highest BCUT2D eigenvalue weighted by molar-refractivity contribution is 7.10. The first-order chi connectivity index (χ1) is 9.25. The summed E-state index contributed by atoms with van der Waals surface area (Å²) in [5.74, 6) is -0.0280. The normalized spacial score (nSPS) is 18.1. The molecule has 98 valence electrons. The minimum absolute atomic E-state index is 0.0280. The lowest BCUT2D eigenvalue weighted by Crippen LogP contribution is -2.47. The van der Waals surface area contributed by atoms with Crippen molar-refractivity contribution >= 4 is 17.2 Å². The summed E-state index contributed by atoms with van der Waals surface area (Å²) in [5, 5.41) is 2.02. The summed E-state index contributed by atoms with van der Waals surface area (Å²) in [6.07, 6.45) is 4.02. The molecule has 1 aliphatic rings. The summed E-state index contributed by atoms with van der Waals surface area (Å²) in [6.45, 7) is 0.824. The van der Waals surface area contributed by atoms with E-state index in [1.54, 1.807) is 23.6 Å². The highest BCUT2D eigenvalue weighted by Crippen LogP contribution is 2.35. The van der Waals surface area contributed by atoms with E-state index in [0.29, 0.717) is 0 Å². The lowest BCUT2D eigenvalue weighted by atomic mass is 10.0. The minimum Gasteiger partial charge on any atom is -0.333 e. The number of hydrogen-bond donors (Lipinski definition) is 0. The van der Waals surface area contributed by atoms with Gasteiger partial charge in [-0.15, -0.1) is 11.3 Å². The molecular formula is C13H13N3O2S. The van der Waals surface area contributed by atoms with Crippen LogP contribution in [-0.4, -0.2) is 26.9 Å². The van der Waals surface area contributed by atoms with E-state index in [4.69, 9.17) is 0 Å². The molecule has 0 saturated carbocycles. The number of rotatable bonds is 3. The monoisotopic (exact) mass is 275 g/mol. The number of nitrogens with zero attached hydrogens (tertiary/aromatic N) is 3. The third kappa shape index (κ3) is 2.31. The van der Waals surface area contributed by atoms with E-state index >= 15 is 0 Å². The average Bonchev–Trinajstić information content (AvgIpc) is 2.84. The Morgan fingerprint density at radius 3 is 3.00 bits per heavy atom. The standard InChI is InChI=1S/C13H13N3O2S/c17-12(9-15-6-2-5-14-13(15)18)16-7-4-10(16)11-3-1-8-19-11/h1-3,5-6,8,10H,4,7,9H2. The van der Waals surface area contributed by atoms with Crippen molar-refractivity contribution in [2.24, 2.45) is 0 Å². The molecule has 1 saturated heterocycles. The Morgan fingerprint density at radius 2 is 2.37 bits per heavy atom. The summed E-state index contributed by atoms with van der Waals surface area (Å²) < 4.78 is 1.34. The van der Waals surface area contributed by atoms with Crippen LogP contribution in [0.25, 0.3) is 0 Å². The van der Waals surface area contributed by atoms with Crippen molar-refractivity contribution in [3.63, 3.8) is 0 Å². The van der Waals surface area contributed by atoms with Gasteiger partial charge in [0, 0.05) is 23.8 Å². The Hall–Kier alpha value is -1.95. The van der Waals surface area contributed by atoms with Crippen molar-refractivity contribution in [1.82, 2.24) is 14.5 Å². The molecule has 0 spiro atoms. The van der Waals surface area contributed by atoms with E-state index < -0.39 is 0 Å². The first kappa shape index (κ1) is 12.1. The predicted octanol–water partition coefficient (Wildman–Crippen LogP) is 1.28. The second-order valence-corrected chi connectivity index (χ2v) is 5.42. The fourth-order valence-corrected chi connectivity index (χ4v) is 3.08. The summed E-state index contributed by atoms with van der Waals surface area (Å²) in [7, 11) is 0. The zero-order chi connectivity index (χ0) is 13.2. The molecule has 1 aliphatic heterocycles. The lowest BCUT2D eigenvalue weighted by molar-refractivity contribution is -0.139. The molecule has 5 nitrogen and oxygen atoms in total. The van der Waals surface area contributed by atoms with Gasteiger partial charge < -0.3 is 4.90 Å². The Labute approximate surface area is 114 Å². The molecule has 1 unspecified atom stereocenters. The molecule has 0 radical (unpaired) electrons. The van der Waals surface area contributed by atoms with E-state index in [0.717, 1.165) is 13.0 Å². The van der Waals surface area contributed by atoms with Crippen LogP contribution in [0, 0.1) is 0 Å². The first-order valence-electron chi connectivity index (χ1n) is 6.10. The van der Waals surface area contributed by atoms with Crippen molar-refractivity contribution < 1.29 is 4.79 Å². The minimum atomic E-state index is -0.385. The summed E-state index contributed by atoms with van der Waals surface area (Å²) in [4.78, 5) is 30.3. The topological polar surface area (TPSA) is 55.2 Å². The zero-order valence-corrected chi connectivity index (χ0v) is 11.0.